The van der Waals surface area contributed by atoms with Gasteiger partial charge in [0.25, 0.3) is 0 Å². The molecule has 3 rings (SSSR count). The van der Waals surface area contributed by atoms with E-state index in [2.05, 4.69) is 11.2 Å². The van der Waals surface area contributed by atoms with Gasteiger partial charge in [-0.15, -0.1) is 6.42 Å². The first-order chi connectivity index (χ1) is 15.4. The van der Waals surface area contributed by atoms with Crippen LogP contribution in [0.3, 0.4) is 0 Å². The molecule has 3 aromatic carbocycles. The first-order valence-electron chi connectivity index (χ1n) is 9.64. The molecule has 8 heteroatoms. The van der Waals surface area contributed by atoms with Crippen LogP contribution in [0.15, 0.2) is 83.8 Å². The Labute approximate surface area is 189 Å². The Hall–Kier alpha value is -3.93. The SMILES string of the molecule is C#CC(=O)N(c1ccc(S(N)=O)cc1)C(C(=O)NCc1ccccc1)c1ccc(N)cc1. The summed E-state index contributed by atoms with van der Waals surface area (Å²) in [5.41, 5.74) is 8.11. The van der Waals surface area contributed by atoms with Gasteiger partial charge in [-0.05, 0) is 53.4 Å². The fourth-order valence-electron chi connectivity index (χ4n) is 3.17. The number of nitrogens with two attached hydrogens (primary N) is 2. The predicted molar refractivity (Wildman–Crippen MR) is 125 cm³/mol. The van der Waals surface area contributed by atoms with Crippen molar-refractivity contribution < 1.29 is 13.8 Å². The van der Waals surface area contributed by atoms with Crippen LogP contribution in [0, 0.1) is 12.3 Å². The highest BCUT2D eigenvalue weighted by molar-refractivity contribution is 7.82. The zero-order valence-corrected chi connectivity index (χ0v) is 17.9. The molecule has 0 radical (unpaired) electrons. The summed E-state index contributed by atoms with van der Waals surface area (Å²) in [7, 11) is -1.68. The van der Waals surface area contributed by atoms with Gasteiger partial charge in [0.2, 0.25) is 5.91 Å². The maximum atomic E-state index is 13.3. The van der Waals surface area contributed by atoms with Crippen molar-refractivity contribution in [1.82, 2.24) is 5.32 Å². The molecular weight excluding hydrogens is 424 g/mol. The van der Waals surface area contributed by atoms with Crippen LogP contribution in [0.4, 0.5) is 11.4 Å². The maximum absolute atomic E-state index is 13.3. The minimum atomic E-state index is -1.68. The van der Waals surface area contributed by atoms with E-state index < -0.39 is 28.8 Å². The number of anilines is 2. The van der Waals surface area contributed by atoms with E-state index in [4.69, 9.17) is 17.3 Å². The van der Waals surface area contributed by atoms with Crippen molar-refractivity contribution in [2.75, 3.05) is 10.6 Å². The lowest BCUT2D eigenvalue weighted by Crippen LogP contribution is -2.43. The van der Waals surface area contributed by atoms with Crippen molar-refractivity contribution in [3.05, 3.63) is 90.0 Å². The summed E-state index contributed by atoms with van der Waals surface area (Å²) in [6.07, 6.45) is 5.43. The number of hydrogen-bond donors (Lipinski definition) is 3. The third-order valence-corrected chi connectivity index (χ3v) is 5.49. The molecule has 2 unspecified atom stereocenters. The highest BCUT2D eigenvalue weighted by atomic mass is 32.2. The summed E-state index contributed by atoms with van der Waals surface area (Å²) >= 11 is 0. The largest absolute Gasteiger partial charge is 0.399 e. The number of carbonyl (C=O) groups is 2. The second-order valence-corrected chi connectivity index (χ2v) is 7.95. The van der Waals surface area contributed by atoms with Crippen LogP contribution < -0.4 is 21.1 Å². The van der Waals surface area contributed by atoms with Crippen LogP contribution in [-0.4, -0.2) is 16.0 Å². The Morgan fingerprint density at radius 2 is 1.62 bits per heavy atom. The van der Waals surface area contributed by atoms with E-state index in [0.29, 0.717) is 21.8 Å². The Bertz CT molecular complexity index is 1160. The van der Waals surface area contributed by atoms with Crippen LogP contribution >= 0.6 is 0 Å². The predicted octanol–water partition coefficient (Wildman–Crippen LogP) is 2.27. The average molecular weight is 447 g/mol. The van der Waals surface area contributed by atoms with Gasteiger partial charge in [0.1, 0.15) is 17.0 Å². The molecule has 5 N–H and O–H groups in total. The third kappa shape index (κ3) is 5.40. The van der Waals surface area contributed by atoms with Gasteiger partial charge in [0.15, 0.2) is 0 Å². The molecular formula is C24H22N4O3S. The van der Waals surface area contributed by atoms with Crippen molar-refractivity contribution in [3.63, 3.8) is 0 Å². The van der Waals surface area contributed by atoms with Crippen LogP contribution in [-0.2, 0) is 27.1 Å². The lowest BCUT2D eigenvalue weighted by Gasteiger charge is -2.30. The van der Waals surface area contributed by atoms with E-state index in [-0.39, 0.29) is 6.54 Å². The smallest absolute Gasteiger partial charge is 0.303 e. The molecule has 32 heavy (non-hydrogen) atoms. The summed E-state index contributed by atoms with van der Waals surface area (Å²) < 4.78 is 11.5. The molecule has 3 aromatic rings. The topological polar surface area (TPSA) is 119 Å². The van der Waals surface area contributed by atoms with Crippen LogP contribution in [0.2, 0.25) is 0 Å². The molecule has 0 fully saturated rings. The lowest BCUT2D eigenvalue weighted by molar-refractivity contribution is -0.125. The molecule has 2 amide bonds. The van der Waals surface area contributed by atoms with Crippen LogP contribution in [0.5, 0.6) is 0 Å². The molecule has 0 bridgehead atoms. The number of amides is 2. The first kappa shape index (κ1) is 22.7. The van der Waals surface area contributed by atoms with Crippen molar-refractivity contribution in [2.45, 2.75) is 17.5 Å². The number of carbonyl (C=O) groups excluding carboxylic acids is 2. The second kappa shape index (κ2) is 10.4. The number of nitrogens with zero attached hydrogens (tertiary/aromatic N) is 1. The highest BCUT2D eigenvalue weighted by Crippen LogP contribution is 2.29. The number of terminal acetylenes is 1. The summed E-state index contributed by atoms with van der Waals surface area (Å²) in [5, 5.41) is 8.29. The van der Waals surface area contributed by atoms with Gasteiger partial charge in [-0.1, -0.05) is 42.5 Å². The fourth-order valence-corrected chi connectivity index (χ4v) is 3.58. The van der Waals surface area contributed by atoms with E-state index in [1.54, 1.807) is 36.4 Å². The second-order valence-electron chi connectivity index (χ2n) is 6.88. The van der Waals surface area contributed by atoms with Crippen molar-refractivity contribution in [3.8, 4) is 12.3 Å². The van der Waals surface area contributed by atoms with Crippen molar-refractivity contribution in [1.29, 1.82) is 0 Å². The van der Waals surface area contributed by atoms with Gasteiger partial charge in [-0.2, -0.15) is 0 Å². The third-order valence-electron chi connectivity index (χ3n) is 4.76. The van der Waals surface area contributed by atoms with E-state index in [0.717, 1.165) is 5.56 Å². The number of nitrogen functional groups attached to an aromatic ring is 1. The van der Waals surface area contributed by atoms with Crippen molar-refractivity contribution in [2.24, 2.45) is 5.14 Å². The summed E-state index contributed by atoms with van der Waals surface area (Å²) in [5.74, 6) is 0.961. The summed E-state index contributed by atoms with van der Waals surface area (Å²) in [4.78, 5) is 27.7. The van der Waals surface area contributed by atoms with E-state index in [1.165, 1.54) is 17.0 Å². The van der Waals surface area contributed by atoms with Gasteiger partial charge >= 0.3 is 5.91 Å². The molecule has 7 nitrogen and oxygen atoms in total. The quantitative estimate of drug-likeness (QED) is 0.381. The molecule has 0 saturated heterocycles. The van der Waals surface area contributed by atoms with Gasteiger partial charge in [0, 0.05) is 17.9 Å². The standard InChI is InChI=1S/C24H22N4O3S/c1-2-22(29)28(20-12-14-21(15-13-20)32(26)31)23(18-8-10-19(25)11-9-18)24(30)27-16-17-6-4-3-5-7-17/h1,3-15,23H,16,25-26H2,(H,27,30). The first-order valence-corrected chi connectivity index (χ1v) is 10.8. The Balaban J connectivity index is 2.02. The van der Waals surface area contributed by atoms with Gasteiger partial charge in [-0.3, -0.25) is 14.5 Å². The zero-order valence-electron chi connectivity index (χ0n) is 17.1. The molecule has 0 aromatic heterocycles. The molecule has 0 spiro atoms. The molecule has 0 aliphatic heterocycles. The Morgan fingerprint density at radius 1 is 1.00 bits per heavy atom. The fraction of sp³-hybridized carbons (Fsp3) is 0.0833. The highest BCUT2D eigenvalue weighted by Gasteiger charge is 2.32. The van der Waals surface area contributed by atoms with Crippen molar-refractivity contribution >= 4 is 34.2 Å². The van der Waals surface area contributed by atoms with Crippen LogP contribution in [0.25, 0.3) is 0 Å². The molecule has 0 heterocycles. The summed E-state index contributed by atoms with van der Waals surface area (Å²) in [6, 6.07) is 21.1. The molecule has 0 saturated carbocycles. The van der Waals surface area contributed by atoms with Gasteiger partial charge < -0.3 is 11.1 Å². The lowest BCUT2D eigenvalue weighted by atomic mass is 10.0. The van der Waals surface area contributed by atoms with Crippen LogP contribution in [0.1, 0.15) is 17.2 Å². The monoisotopic (exact) mass is 446 g/mol. The normalized spacial score (nSPS) is 12.2. The minimum absolute atomic E-state index is 0.272. The average Bonchev–Trinajstić information content (AvgIpc) is 2.82. The molecule has 162 valence electrons. The molecule has 0 aliphatic rings. The Kier molecular flexibility index (Phi) is 7.39. The van der Waals surface area contributed by atoms with E-state index >= 15 is 0 Å². The van der Waals surface area contributed by atoms with E-state index in [9.17, 15) is 13.8 Å². The number of nitrogens with one attached hydrogen (secondary N) is 1. The summed E-state index contributed by atoms with van der Waals surface area (Å²) in [6.45, 7) is 0.272. The minimum Gasteiger partial charge on any atom is -0.399 e. The van der Waals surface area contributed by atoms with E-state index in [1.807, 2.05) is 30.3 Å². The maximum Gasteiger partial charge on any atom is 0.303 e. The molecule has 0 aliphatic carbocycles. The number of hydrogen-bond acceptors (Lipinski definition) is 4. The number of benzene rings is 3. The number of rotatable bonds is 7. The van der Waals surface area contributed by atoms with Gasteiger partial charge in [0.05, 0.1) is 4.90 Å². The van der Waals surface area contributed by atoms with Gasteiger partial charge in [-0.25, -0.2) is 9.35 Å². The zero-order chi connectivity index (χ0) is 23.1. The molecule has 2 atom stereocenters. The Morgan fingerprint density at radius 3 is 2.19 bits per heavy atom.